The largest absolute Gasteiger partial charge is 0.465 e. The number of hydrogen-bond donors (Lipinski definition) is 1. The monoisotopic (exact) mass is 346 g/mol. The van der Waals surface area contributed by atoms with Gasteiger partial charge in [0, 0.05) is 12.1 Å². The van der Waals surface area contributed by atoms with E-state index in [0.717, 1.165) is 6.08 Å². The molecule has 1 N–H and O–H groups in total. The molecule has 1 amide bonds. The first-order valence-electron chi connectivity index (χ1n) is 5.49. The van der Waals surface area contributed by atoms with Gasteiger partial charge in [-0.25, -0.2) is 0 Å². The molecular formula is C11H11BrN2O6. The van der Waals surface area contributed by atoms with E-state index in [1.165, 1.54) is 12.1 Å². The van der Waals surface area contributed by atoms with Crippen molar-refractivity contribution in [3.05, 3.63) is 32.5 Å². The third kappa shape index (κ3) is 4.84. The molecule has 0 radical (unpaired) electrons. The van der Waals surface area contributed by atoms with Crippen molar-refractivity contribution in [2.75, 3.05) is 13.2 Å². The first kappa shape index (κ1) is 15.9. The number of nitrogens with one attached hydrogen (secondary N) is 1. The SMILES string of the molecule is CCOC(=O)CNC(=O)/C=C\c1cc(Br)c([N+](=O)[O-])o1. The molecule has 0 fully saturated rings. The predicted molar refractivity (Wildman–Crippen MR) is 71.7 cm³/mol. The molecule has 0 aromatic carbocycles. The minimum atomic E-state index is -0.692. The summed E-state index contributed by atoms with van der Waals surface area (Å²) in [5.41, 5.74) is 0. The van der Waals surface area contributed by atoms with Crippen LogP contribution in [0, 0.1) is 10.1 Å². The summed E-state index contributed by atoms with van der Waals surface area (Å²) in [4.78, 5) is 32.2. The lowest BCUT2D eigenvalue weighted by Gasteiger charge is -2.01. The number of halogens is 1. The Kier molecular flexibility index (Phi) is 5.91. The van der Waals surface area contributed by atoms with E-state index >= 15 is 0 Å². The Balaban J connectivity index is 2.55. The summed E-state index contributed by atoms with van der Waals surface area (Å²) < 4.78 is 9.68. The van der Waals surface area contributed by atoms with Crippen molar-refractivity contribution >= 4 is 39.8 Å². The molecule has 0 saturated carbocycles. The van der Waals surface area contributed by atoms with Crippen LogP contribution in [0.5, 0.6) is 0 Å². The lowest BCUT2D eigenvalue weighted by atomic mass is 10.4. The highest BCUT2D eigenvalue weighted by molar-refractivity contribution is 9.10. The molecular weight excluding hydrogens is 336 g/mol. The summed E-state index contributed by atoms with van der Waals surface area (Å²) in [5.74, 6) is -1.41. The van der Waals surface area contributed by atoms with Crippen molar-refractivity contribution in [1.82, 2.24) is 5.32 Å². The molecule has 0 spiro atoms. The second kappa shape index (κ2) is 7.43. The van der Waals surface area contributed by atoms with Crippen molar-refractivity contribution < 1.29 is 23.7 Å². The van der Waals surface area contributed by atoms with Gasteiger partial charge in [0.15, 0.2) is 0 Å². The van der Waals surface area contributed by atoms with Gasteiger partial charge in [-0.05, 0) is 28.9 Å². The Morgan fingerprint density at radius 1 is 1.60 bits per heavy atom. The van der Waals surface area contributed by atoms with Crippen LogP contribution in [0.25, 0.3) is 6.08 Å². The number of nitrogens with zero attached hydrogens (tertiary/aromatic N) is 1. The molecule has 1 aromatic heterocycles. The zero-order valence-electron chi connectivity index (χ0n) is 10.4. The van der Waals surface area contributed by atoms with Crippen molar-refractivity contribution in [2.45, 2.75) is 6.92 Å². The second-order valence-electron chi connectivity index (χ2n) is 3.42. The average Bonchev–Trinajstić information content (AvgIpc) is 2.76. The fourth-order valence-corrected chi connectivity index (χ4v) is 1.62. The molecule has 0 aliphatic rings. The maximum atomic E-state index is 11.4. The number of esters is 1. The summed E-state index contributed by atoms with van der Waals surface area (Å²) in [7, 11) is 0. The average molecular weight is 347 g/mol. The number of hydrogen-bond acceptors (Lipinski definition) is 6. The lowest BCUT2D eigenvalue weighted by molar-refractivity contribution is -0.403. The number of amides is 1. The van der Waals surface area contributed by atoms with Crippen molar-refractivity contribution in [1.29, 1.82) is 0 Å². The van der Waals surface area contributed by atoms with Gasteiger partial charge in [0.2, 0.25) is 5.91 Å². The number of nitro groups is 1. The van der Waals surface area contributed by atoms with Crippen LogP contribution in [0.2, 0.25) is 0 Å². The van der Waals surface area contributed by atoms with Gasteiger partial charge >= 0.3 is 11.9 Å². The molecule has 20 heavy (non-hydrogen) atoms. The maximum Gasteiger partial charge on any atom is 0.447 e. The predicted octanol–water partition coefficient (Wildman–Crippen LogP) is 1.64. The van der Waals surface area contributed by atoms with Crippen molar-refractivity contribution in [2.24, 2.45) is 0 Å². The zero-order chi connectivity index (χ0) is 15.1. The number of furan rings is 1. The van der Waals surface area contributed by atoms with E-state index in [2.05, 4.69) is 26.0 Å². The van der Waals surface area contributed by atoms with Gasteiger partial charge in [0.25, 0.3) is 0 Å². The van der Waals surface area contributed by atoms with Crippen LogP contribution in [-0.2, 0) is 14.3 Å². The van der Waals surface area contributed by atoms with Gasteiger partial charge in [-0.3, -0.25) is 19.7 Å². The van der Waals surface area contributed by atoms with E-state index in [1.54, 1.807) is 6.92 Å². The van der Waals surface area contributed by atoms with E-state index < -0.39 is 22.7 Å². The highest BCUT2D eigenvalue weighted by atomic mass is 79.9. The molecule has 0 saturated heterocycles. The van der Waals surface area contributed by atoms with E-state index in [0.29, 0.717) is 0 Å². The van der Waals surface area contributed by atoms with Crippen molar-refractivity contribution in [3.63, 3.8) is 0 Å². The van der Waals surface area contributed by atoms with Crippen LogP contribution >= 0.6 is 15.9 Å². The van der Waals surface area contributed by atoms with Crippen LogP contribution in [0.4, 0.5) is 5.88 Å². The van der Waals surface area contributed by atoms with E-state index in [9.17, 15) is 19.7 Å². The Morgan fingerprint density at radius 3 is 2.85 bits per heavy atom. The minimum absolute atomic E-state index is 0.134. The number of ether oxygens (including phenoxy) is 1. The summed E-state index contributed by atoms with van der Waals surface area (Å²) in [5, 5.41) is 12.8. The zero-order valence-corrected chi connectivity index (χ0v) is 12.0. The molecule has 0 aliphatic heterocycles. The van der Waals surface area contributed by atoms with Crippen LogP contribution in [-0.4, -0.2) is 30.0 Å². The van der Waals surface area contributed by atoms with Gasteiger partial charge < -0.3 is 14.5 Å². The molecule has 1 aromatic rings. The van der Waals surface area contributed by atoms with E-state index in [-0.39, 0.29) is 23.4 Å². The summed E-state index contributed by atoms with van der Waals surface area (Å²) in [6, 6.07) is 1.35. The molecule has 8 nitrogen and oxygen atoms in total. The van der Waals surface area contributed by atoms with Gasteiger partial charge in [-0.1, -0.05) is 0 Å². The molecule has 1 heterocycles. The fraction of sp³-hybridized carbons (Fsp3) is 0.273. The molecule has 0 atom stereocenters. The number of rotatable bonds is 6. The molecule has 1 rings (SSSR count). The van der Waals surface area contributed by atoms with Crippen LogP contribution in [0.3, 0.4) is 0 Å². The first-order chi connectivity index (χ1) is 9.43. The quantitative estimate of drug-likeness (QED) is 0.362. The molecule has 9 heteroatoms. The normalized spacial score (nSPS) is 10.5. The highest BCUT2D eigenvalue weighted by Crippen LogP contribution is 2.29. The molecule has 0 aliphatic carbocycles. The topological polar surface area (TPSA) is 112 Å². The van der Waals surface area contributed by atoms with Gasteiger partial charge in [-0.2, -0.15) is 0 Å². The number of carbonyl (C=O) groups is 2. The Hall–Kier alpha value is -2.16. The second-order valence-corrected chi connectivity index (χ2v) is 4.27. The standard InChI is InChI=1S/C11H11BrN2O6/c1-2-19-10(16)6-13-9(15)4-3-7-5-8(12)11(20-7)14(17)18/h3-5H,2,6H2,1H3,(H,13,15)/b4-3-. The van der Waals surface area contributed by atoms with Gasteiger partial charge in [0.1, 0.15) is 21.7 Å². The summed E-state index contributed by atoms with van der Waals surface area (Å²) in [6.45, 7) is 1.63. The van der Waals surface area contributed by atoms with E-state index in [1.807, 2.05) is 0 Å². The maximum absolute atomic E-state index is 11.4. The van der Waals surface area contributed by atoms with Gasteiger partial charge in [0.05, 0.1) is 6.61 Å². The van der Waals surface area contributed by atoms with Crippen LogP contribution < -0.4 is 5.32 Å². The highest BCUT2D eigenvalue weighted by Gasteiger charge is 2.18. The third-order valence-corrected chi connectivity index (χ3v) is 2.53. The van der Waals surface area contributed by atoms with Crippen LogP contribution in [0.1, 0.15) is 12.7 Å². The minimum Gasteiger partial charge on any atom is -0.465 e. The Bertz CT molecular complexity index is 551. The Labute approximate surface area is 122 Å². The third-order valence-electron chi connectivity index (χ3n) is 1.96. The van der Waals surface area contributed by atoms with E-state index in [4.69, 9.17) is 4.42 Å². The fourth-order valence-electron chi connectivity index (χ4n) is 1.17. The molecule has 0 unspecified atom stereocenters. The van der Waals surface area contributed by atoms with Gasteiger partial charge in [-0.15, -0.1) is 0 Å². The summed E-state index contributed by atoms with van der Waals surface area (Å²) in [6.07, 6.45) is 2.34. The molecule has 108 valence electrons. The number of carbonyl (C=O) groups excluding carboxylic acids is 2. The summed E-state index contributed by atoms with van der Waals surface area (Å²) >= 11 is 2.96. The van der Waals surface area contributed by atoms with Crippen LogP contribution in [0.15, 0.2) is 21.0 Å². The Morgan fingerprint density at radius 2 is 2.30 bits per heavy atom. The van der Waals surface area contributed by atoms with Crippen molar-refractivity contribution in [3.8, 4) is 0 Å². The smallest absolute Gasteiger partial charge is 0.447 e. The lowest BCUT2D eigenvalue weighted by Crippen LogP contribution is -2.29. The molecule has 0 bridgehead atoms. The first-order valence-corrected chi connectivity index (χ1v) is 6.28.